The van der Waals surface area contributed by atoms with Gasteiger partial charge in [-0.2, -0.15) is 0 Å². The average molecular weight is 522 g/mol. The molecule has 0 aromatic carbocycles. The zero-order valence-corrected chi connectivity index (χ0v) is 23.2. The Balaban J connectivity index is 3.83. The summed E-state index contributed by atoms with van der Waals surface area (Å²) in [6.45, 7) is 15.5. The van der Waals surface area contributed by atoms with Crippen molar-refractivity contribution in [2.45, 2.75) is 78.3 Å². The summed E-state index contributed by atoms with van der Waals surface area (Å²) < 4.78 is 33.1. The highest BCUT2D eigenvalue weighted by Gasteiger charge is 2.19. The highest BCUT2D eigenvalue weighted by molar-refractivity contribution is 6.36. The molecule has 0 heterocycles. The third kappa shape index (κ3) is 22.1. The monoisotopic (exact) mass is 521 g/mol. The molecular weight excluding hydrogens is 470 g/mol. The Hall–Kier alpha value is -1.18. The number of nitrogens with two attached hydrogens (primary N) is 2. The van der Waals surface area contributed by atoms with Crippen LogP contribution in [0.4, 0.5) is 0 Å². The van der Waals surface area contributed by atoms with Crippen LogP contribution in [0.2, 0.25) is 0 Å². The molecule has 0 aliphatic rings. The fourth-order valence-electron chi connectivity index (χ4n) is 2.91. The van der Waals surface area contributed by atoms with Crippen LogP contribution in [0.5, 0.6) is 0 Å². The number of nitrogens with one attached hydrogen (secondary N) is 1. The van der Waals surface area contributed by atoms with Crippen molar-refractivity contribution in [1.29, 1.82) is 0 Å². The predicted molar refractivity (Wildman–Crippen MR) is 138 cm³/mol. The molecule has 0 radical (unpaired) electrons. The Kier molecular flexibility index (Phi) is 21.1. The van der Waals surface area contributed by atoms with Crippen molar-refractivity contribution in [3.05, 3.63) is 0 Å². The van der Waals surface area contributed by atoms with Crippen molar-refractivity contribution in [1.82, 2.24) is 5.32 Å². The molecule has 214 valence electrons. The quantitative estimate of drug-likeness (QED) is 0.122. The van der Waals surface area contributed by atoms with Gasteiger partial charge in [0.1, 0.15) is 0 Å². The molecule has 0 aliphatic carbocycles. The zero-order valence-electron chi connectivity index (χ0n) is 23.2. The maximum absolute atomic E-state index is 12.2. The third-order valence-corrected chi connectivity index (χ3v) is 4.66. The lowest BCUT2D eigenvalue weighted by molar-refractivity contribution is -0.139. The van der Waals surface area contributed by atoms with Crippen LogP contribution in [-0.2, 0) is 38.0 Å². The van der Waals surface area contributed by atoms with Gasteiger partial charge < -0.3 is 45.2 Å². The minimum atomic E-state index is -0.613. The Morgan fingerprint density at radius 2 is 1.11 bits per heavy atom. The summed E-state index contributed by atoms with van der Waals surface area (Å²) in [5.41, 5.74) is 11.2. The maximum Gasteiger partial charge on any atom is 0.287 e. The number of carbonyl (C=O) groups is 2. The average Bonchev–Trinajstić information content (AvgIpc) is 2.78. The molecule has 0 saturated carbocycles. The normalized spacial score (nSPS) is 16.7. The van der Waals surface area contributed by atoms with Gasteiger partial charge >= 0.3 is 0 Å². The van der Waals surface area contributed by atoms with E-state index in [0.29, 0.717) is 59.5 Å². The van der Waals surface area contributed by atoms with Gasteiger partial charge in [-0.15, -0.1) is 0 Å². The lowest BCUT2D eigenvalue weighted by Crippen LogP contribution is -2.40. The third-order valence-electron chi connectivity index (χ3n) is 4.66. The summed E-state index contributed by atoms with van der Waals surface area (Å²) in [5, 5.41) is 2.67. The lowest BCUT2D eigenvalue weighted by Gasteiger charge is -2.17. The van der Waals surface area contributed by atoms with Gasteiger partial charge in [0.15, 0.2) is 0 Å². The number of carbonyl (C=O) groups excluding carboxylic acids is 2. The van der Waals surface area contributed by atoms with Crippen LogP contribution in [0, 0.1) is 5.92 Å². The van der Waals surface area contributed by atoms with Crippen LogP contribution in [0.3, 0.4) is 0 Å². The van der Waals surface area contributed by atoms with Gasteiger partial charge in [-0.25, -0.2) is 0 Å². The van der Waals surface area contributed by atoms with Crippen LogP contribution < -0.4 is 16.8 Å². The first-order valence-corrected chi connectivity index (χ1v) is 12.9. The summed E-state index contributed by atoms with van der Waals surface area (Å²) >= 11 is 0. The molecule has 0 aromatic heterocycles. The number of hydrogen-bond donors (Lipinski definition) is 3. The highest BCUT2D eigenvalue weighted by Crippen LogP contribution is 2.05. The maximum atomic E-state index is 12.2. The van der Waals surface area contributed by atoms with E-state index in [9.17, 15) is 9.59 Å². The van der Waals surface area contributed by atoms with E-state index in [1.54, 1.807) is 6.92 Å². The van der Waals surface area contributed by atoms with Gasteiger partial charge in [-0.05, 0) is 40.5 Å². The second kappa shape index (κ2) is 21.9. The Morgan fingerprint density at radius 1 is 0.639 bits per heavy atom. The number of ether oxygens (including phenoxy) is 6. The number of amides is 1. The second-order valence-corrected chi connectivity index (χ2v) is 9.65. The molecule has 6 unspecified atom stereocenters. The van der Waals surface area contributed by atoms with E-state index < -0.39 is 11.7 Å². The van der Waals surface area contributed by atoms with E-state index in [-0.39, 0.29) is 49.3 Å². The molecule has 0 saturated heterocycles. The van der Waals surface area contributed by atoms with Crippen LogP contribution >= 0.6 is 0 Å². The Morgan fingerprint density at radius 3 is 1.64 bits per heavy atom. The molecule has 0 fully saturated rings. The summed E-state index contributed by atoms with van der Waals surface area (Å²) in [4.78, 5) is 24.4. The van der Waals surface area contributed by atoms with E-state index in [4.69, 9.17) is 39.9 Å². The number of ketones is 1. The minimum Gasteiger partial charge on any atom is -0.378 e. The summed E-state index contributed by atoms with van der Waals surface area (Å²) in [6.07, 6.45) is -0.0528. The van der Waals surface area contributed by atoms with Crippen LogP contribution in [0.1, 0.15) is 48.0 Å². The number of hydrogen-bond acceptors (Lipinski definition) is 10. The van der Waals surface area contributed by atoms with Crippen LogP contribution in [0.15, 0.2) is 0 Å². The molecule has 0 aromatic rings. The number of rotatable bonds is 24. The molecule has 6 atom stereocenters. The molecule has 0 spiro atoms. The molecule has 36 heavy (non-hydrogen) atoms. The van der Waals surface area contributed by atoms with Gasteiger partial charge in [-0.3, -0.25) is 9.59 Å². The predicted octanol–water partition coefficient (Wildman–Crippen LogP) is 0.657. The fraction of sp³-hybridized carbons (Fsp3) is 0.920. The standard InChI is InChI=1S/C25H51N3O8/c1-18(12-33-16-22(5)35-9-7-31-13-19(2)26)11-24(29)25(30)28-21(4)15-32-8-10-36-23(6)17-34-14-20(3)27/h18-23H,7-17,26-27H2,1-6H3,(H,28,30). The van der Waals surface area contributed by atoms with E-state index in [1.807, 2.05) is 34.6 Å². The lowest BCUT2D eigenvalue weighted by atomic mass is 10.1. The van der Waals surface area contributed by atoms with Crippen molar-refractivity contribution < 1.29 is 38.0 Å². The highest BCUT2D eigenvalue weighted by atomic mass is 16.6. The van der Waals surface area contributed by atoms with Gasteiger partial charge in [-0.1, -0.05) is 6.92 Å². The van der Waals surface area contributed by atoms with Crippen molar-refractivity contribution in [3.63, 3.8) is 0 Å². The van der Waals surface area contributed by atoms with Crippen molar-refractivity contribution in [2.75, 3.05) is 66.1 Å². The van der Waals surface area contributed by atoms with Gasteiger partial charge in [0.25, 0.3) is 5.91 Å². The first kappa shape index (κ1) is 34.8. The Labute approximate surface area is 217 Å². The Bertz CT molecular complexity index is 565. The number of Topliss-reactive ketones (excluding diaryl/α,β-unsaturated/α-hetero) is 1. The molecule has 1 amide bonds. The first-order valence-electron chi connectivity index (χ1n) is 12.9. The van der Waals surface area contributed by atoms with Crippen LogP contribution in [0.25, 0.3) is 0 Å². The fourth-order valence-corrected chi connectivity index (χ4v) is 2.91. The van der Waals surface area contributed by atoms with Gasteiger partial charge in [0.05, 0.1) is 71.7 Å². The molecule has 0 rings (SSSR count). The molecule has 11 heteroatoms. The smallest absolute Gasteiger partial charge is 0.287 e. The molecular formula is C25H51N3O8. The molecule has 5 N–H and O–H groups in total. The van der Waals surface area contributed by atoms with E-state index >= 15 is 0 Å². The molecule has 11 nitrogen and oxygen atoms in total. The SMILES string of the molecule is CC(N)COCCOC(C)COCC(C)CC(=O)C(=O)NC(C)COCCOC(C)COCC(C)N. The minimum absolute atomic E-state index is 0.00291. The second-order valence-electron chi connectivity index (χ2n) is 9.65. The van der Waals surface area contributed by atoms with E-state index in [2.05, 4.69) is 5.32 Å². The van der Waals surface area contributed by atoms with E-state index in [1.165, 1.54) is 0 Å². The largest absolute Gasteiger partial charge is 0.378 e. The summed E-state index contributed by atoms with van der Waals surface area (Å²) in [5.74, 6) is -1.18. The van der Waals surface area contributed by atoms with Gasteiger partial charge in [0.2, 0.25) is 5.78 Å². The summed E-state index contributed by atoms with van der Waals surface area (Å²) in [6, 6.07) is -0.295. The summed E-state index contributed by atoms with van der Waals surface area (Å²) in [7, 11) is 0. The van der Waals surface area contributed by atoms with Crippen molar-refractivity contribution >= 4 is 11.7 Å². The van der Waals surface area contributed by atoms with Crippen LogP contribution in [-0.4, -0.2) is 108 Å². The molecule has 0 aliphatic heterocycles. The van der Waals surface area contributed by atoms with Crippen molar-refractivity contribution in [3.8, 4) is 0 Å². The van der Waals surface area contributed by atoms with E-state index in [0.717, 1.165) is 0 Å². The zero-order chi connectivity index (χ0) is 27.3. The topological polar surface area (TPSA) is 154 Å². The molecule has 0 bridgehead atoms. The van der Waals surface area contributed by atoms with Gasteiger partial charge in [0, 0.05) is 31.2 Å². The first-order chi connectivity index (χ1) is 17.0. The van der Waals surface area contributed by atoms with Crippen molar-refractivity contribution in [2.24, 2.45) is 17.4 Å².